The van der Waals surface area contributed by atoms with E-state index in [1.165, 1.54) is 114 Å². The molecule has 0 aliphatic carbocycles. The van der Waals surface area contributed by atoms with Crippen molar-refractivity contribution >= 4 is 188 Å². The van der Waals surface area contributed by atoms with Crippen molar-refractivity contribution in [2.24, 2.45) is 0 Å². The lowest BCUT2D eigenvalue weighted by Crippen LogP contribution is -1.89. The van der Waals surface area contributed by atoms with Crippen LogP contribution in [0.5, 0.6) is 0 Å². The Morgan fingerprint density at radius 1 is 0.308 bits per heavy atom. The monoisotopic (exact) mass is 978 g/mol. The van der Waals surface area contributed by atoms with Crippen molar-refractivity contribution in [3.63, 3.8) is 0 Å². The third kappa shape index (κ3) is 9.42. The first-order valence-electron chi connectivity index (χ1n) is 16.4. The van der Waals surface area contributed by atoms with Crippen LogP contribution < -0.4 is 0 Å². The lowest BCUT2D eigenvalue weighted by atomic mass is 10.1. The maximum atomic E-state index is 2.54. The molecule has 0 aromatic carbocycles. The highest BCUT2D eigenvalue weighted by Crippen LogP contribution is 2.71. The van der Waals surface area contributed by atoms with E-state index in [-0.39, 0.29) is 0 Å². The fraction of sp³-hybridized carbons (Fsp3) is 0.333. The number of rotatable bonds is 7. The van der Waals surface area contributed by atoms with Gasteiger partial charge in [-0.15, -0.1) is 0 Å². The Morgan fingerprint density at radius 3 is 0.827 bits per heavy atom. The minimum atomic E-state index is 1.13. The highest BCUT2D eigenvalue weighted by molar-refractivity contribution is 8.50. The molecule has 0 atom stereocenters. The zero-order valence-corrected chi connectivity index (χ0v) is 42.6. The zero-order chi connectivity index (χ0) is 36.3. The van der Waals surface area contributed by atoms with Gasteiger partial charge in [-0.25, -0.2) is 0 Å². The van der Waals surface area contributed by atoms with Gasteiger partial charge in [0.1, 0.15) is 0 Å². The van der Waals surface area contributed by atoms with Crippen LogP contribution in [0.15, 0.2) is 113 Å². The molecule has 0 saturated carbocycles. The van der Waals surface area contributed by atoms with Gasteiger partial charge in [-0.05, 0) is 144 Å². The SMILES string of the molecule is CC1=C(C)SC(=C(C=C2SC3=C(S2)SC(=C2SC(C)=C(C)S2)S3)CCCCC(C=C2SC3=C(S2)SC(=C2SC(C)=C(C)S2)S3)=C2SC(C)=C(C)S2)S1. The Hall–Kier alpha value is 2.48. The summed E-state index contributed by atoms with van der Waals surface area (Å²) in [5.74, 6) is 0. The Kier molecular flexibility index (Phi) is 14.3. The van der Waals surface area contributed by atoms with E-state index in [2.05, 4.69) is 67.5 Å². The summed E-state index contributed by atoms with van der Waals surface area (Å²) < 4.78 is 17.7. The molecule has 0 aromatic heterocycles. The molecule has 274 valence electrons. The minimum absolute atomic E-state index is 1.13. The van der Waals surface area contributed by atoms with Gasteiger partial charge in [-0.1, -0.05) is 188 Å². The lowest BCUT2D eigenvalue weighted by Gasteiger charge is -2.12. The van der Waals surface area contributed by atoms with Crippen LogP contribution in [-0.2, 0) is 0 Å². The van der Waals surface area contributed by atoms with Crippen molar-refractivity contribution in [3.8, 4) is 0 Å². The van der Waals surface area contributed by atoms with Crippen LogP contribution in [-0.4, -0.2) is 0 Å². The highest BCUT2D eigenvalue weighted by Gasteiger charge is 2.35. The molecular weight excluding hydrogens is 945 g/mol. The van der Waals surface area contributed by atoms with Gasteiger partial charge in [0.2, 0.25) is 0 Å². The summed E-state index contributed by atoms with van der Waals surface area (Å²) in [4.78, 5) is 11.6. The fourth-order valence-electron chi connectivity index (χ4n) is 5.07. The van der Waals surface area contributed by atoms with Crippen molar-refractivity contribution < 1.29 is 0 Å². The topological polar surface area (TPSA) is 0 Å². The van der Waals surface area contributed by atoms with Crippen LogP contribution in [0.1, 0.15) is 81.1 Å². The number of thioether (sulfide) groups is 16. The van der Waals surface area contributed by atoms with Crippen LogP contribution in [0.3, 0.4) is 0 Å². The Bertz CT molecular complexity index is 1800. The van der Waals surface area contributed by atoms with Crippen LogP contribution in [0.25, 0.3) is 0 Å². The molecule has 8 rings (SSSR count). The maximum absolute atomic E-state index is 2.54. The molecule has 0 saturated heterocycles. The summed E-state index contributed by atoms with van der Waals surface area (Å²) in [5, 5.41) is 0. The lowest BCUT2D eigenvalue weighted by molar-refractivity contribution is 0.739. The van der Waals surface area contributed by atoms with Gasteiger partial charge in [0, 0.05) is 0 Å². The molecule has 52 heavy (non-hydrogen) atoms. The van der Waals surface area contributed by atoms with Gasteiger partial charge in [0.15, 0.2) is 0 Å². The van der Waals surface area contributed by atoms with Crippen molar-refractivity contribution in [1.82, 2.24) is 0 Å². The van der Waals surface area contributed by atoms with Crippen LogP contribution in [0.2, 0.25) is 0 Å². The van der Waals surface area contributed by atoms with E-state index >= 15 is 0 Å². The number of hydrogen-bond acceptors (Lipinski definition) is 16. The van der Waals surface area contributed by atoms with E-state index in [9.17, 15) is 0 Å². The normalized spacial score (nSPS) is 23.6. The third-order valence-electron chi connectivity index (χ3n) is 8.38. The predicted molar refractivity (Wildman–Crippen MR) is 272 cm³/mol. The highest BCUT2D eigenvalue weighted by atomic mass is 32.3. The molecule has 0 spiro atoms. The predicted octanol–water partition coefficient (Wildman–Crippen LogP) is 20.0. The summed E-state index contributed by atoms with van der Waals surface area (Å²) in [6.07, 6.45) is 9.73. The third-order valence-corrected chi connectivity index (χ3v) is 31.2. The quantitative estimate of drug-likeness (QED) is 0.222. The van der Waals surface area contributed by atoms with Crippen LogP contribution in [0.4, 0.5) is 0 Å². The van der Waals surface area contributed by atoms with Gasteiger partial charge >= 0.3 is 0 Å². The Labute approximate surface area is 377 Å². The number of unbranched alkanes of at least 4 members (excludes halogenated alkanes) is 1. The van der Waals surface area contributed by atoms with E-state index < -0.39 is 0 Å². The molecule has 0 radical (unpaired) electrons. The van der Waals surface area contributed by atoms with Gasteiger partial charge in [0.25, 0.3) is 0 Å². The van der Waals surface area contributed by atoms with Crippen LogP contribution in [0, 0.1) is 0 Å². The van der Waals surface area contributed by atoms with Crippen molar-refractivity contribution in [3.05, 3.63) is 113 Å². The number of hydrogen-bond donors (Lipinski definition) is 0. The van der Waals surface area contributed by atoms with E-state index in [1.54, 1.807) is 0 Å². The first-order valence-corrected chi connectivity index (χ1v) is 29.5. The molecule has 0 aromatic rings. The molecule has 0 bridgehead atoms. The molecular formula is C36H34S16. The Balaban J connectivity index is 0.916. The second kappa shape index (κ2) is 18.0. The van der Waals surface area contributed by atoms with Gasteiger partial charge in [-0.2, -0.15) is 0 Å². The second-order valence-corrected chi connectivity index (χ2v) is 33.3. The van der Waals surface area contributed by atoms with Gasteiger partial charge in [-0.3, -0.25) is 0 Å². The van der Waals surface area contributed by atoms with E-state index in [4.69, 9.17) is 0 Å². The molecule has 0 nitrogen and oxygen atoms in total. The molecule has 8 heterocycles. The minimum Gasteiger partial charge on any atom is -0.0864 e. The largest absolute Gasteiger partial charge is 0.0864 e. The molecule has 0 N–H and O–H groups in total. The average Bonchev–Trinajstić information content (AvgIpc) is 3.96. The smallest absolute Gasteiger partial charge is 0.0717 e. The van der Waals surface area contributed by atoms with Crippen molar-refractivity contribution in [2.45, 2.75) is 81.1 Å². The zero-order valence-electron chi connectivity index (χ0n) is 29.5. The molecule has 8 aliphatic heterocycles. The van der Waals surface area contributed by atoms with Gasteiger partial charge in [0.05, 0.1) is 50.8 Å². The number of allylic oxidation sites excluding steroid dienone is 12. The van der Waals surface area contributed by atoms with E-state index in [0.717, 1.165) is 12.8 Å². The summed E-state index contributed by atoms with van der Waals surface area (Å²) in [7, 11) is 0. The van der Waals surface area contributed by atoms with Crippen LogP contribution >= 0.6 is 188 Å². The first-order chi connectivity index (χ1) is 25.0. The maximum Gasteiger partial charge on any atom is 0.0717 e. The molecule has 16 heteroatoms. The van der Waals surface area contributed by atoms with Gasteiger partial charge < -0.3 is 0 Å². The van der Waals surface area contributed by atoms with E-state index in [1.807, 2.05) is 188 Å². The molecule has 0 amide bonds. The first kappa shape index (κ1) is 41.2. The summed E-state index contributed by atoms with van der Waals surface area (Å²) in [5.41, 5.74) is 3.05. The average molecular weight is 980 g/mol. The molecule has 0 fully saturated rings. The van der Waals surface area contributed by atoms with Crippen molar-refractivity contribution in [2.75, 3.05) is 0 Å². The summed E-state index contributed by atoms with van der Waals surface area (Å²) in [6.45, 7) is 18.1. The second-order valence-electron chi connectivity index (χ2n) is 12.1. The summed E-state index contributed by atoms with van der Waals surface area (Å²) >= 11 is 31.8. The Morgan fingerprint density at radius 2 is 0.538 bits per heavy atom. The fourth-order valence-corrected chi connectivity index (χ4v) is 28.5. The van der Waals surface area contributed by atoms with Crippen molar-refractivity contribution in [1.29, 1.82) is 0 Å². The summed E-state index contributed by atoms with van der Waals surface area (Å²) in [6, 6.07) is 0. The standard InChI is InChI=1S/C36H34S16/c1-15-16(2)38-27(37-15)23(13-25-45-31-32(46-25)50-35(49-31)29-41-19(5)20(6)42-29)11-9-10-12-24(28-39-17(3)18(4)40-28)14-26-47-33-34(48-26)52-36(51-33)30-43-21(7)22(8)44-30/h13-14H,9-12H2,1-8H3. The van der Waals surface area contributed by atoms with E-state index in [0.29, 0.717) is 0 Å². The molecule has 8 aliphatic rings. The molecule has 0 unspecified atom stereocenters.